The summed E-state index contributed by atoms with van der Waals surface area (Å²) in [6, 6.07) is 0. The summed E-state index contributed by atoms with van der Waals surface area (Å²) < 4.78 is 4.99. The van der Waals surface area contributed by atoms with E-state index in [0.29, 0.717) is 0 Å². The lowest BCUT2D eigenvalue weighted by Gasteiger charge is -1.86. The maximum absolute atomic E-state index is 4.99. The van der Waals surface area contributed by atoms with E-state index in [2.05, 4.69) is 28.4 Å². The van der Waals surface area contributed by atoms with Crippen LogP contribution in [-0.2, 0) is 4.43 Å². The zero-order valence-electron chi connectivity index (χ0n) is 3.48. The smallest absolute Gasteiger partial charge is 0.228 e. The van der Waals surface area contributed by atoms with E-state index in [1.54, 1.807) is 6.08 Å². The molecule has 6 heavy (non-hydrogen) atoms. The summed E-state index contributed by atoms with van der Waals surface area (Å²) >= 11 is 2.28. The maximum Gasteiger partial charge on any atom is 0.228 e. The fraction of sp³-hybridized carbons (Fsp3) is 0.333. The lowest BCUT2D eigenvalue weighted by Crippen LogP contribution is -1.87. The first kappa shape index (κ1) is 6.65. The van der Waals surface area contributed by atoms with E-state index in [0.717, 1.165) is 6.61 Å². The Morgan fingerprint density at radius 2 is 2.67 bits per heavy atom. The summed E-state index contributed by atoms with van der Waals surface area (Å²) in [7, 11) is -0.198. The quantitative estimate of drug-likeness (QED) is 0.220. The Bertz CT molecular complexity index is 39.8. The third-order valence-corrected chi connectivity index (χ3v) is 2.02. The highest BCUT2D eigenvalue weighted by molar-refractivity contribution is 14.1. The van der Waals surface area contributed by atoms with E-state index in [1.807, 2.05) is 0 Å². The van der Waals surface area contributed by atoms with Crippen LogP contribution in [-0.4, -0.2) is 13.9 Å². The predicted molar refractivity (Wildman–Crippen MR) is 38.7 cm³/mol. The van der Waals surface area contributed by atoms with Gasteiger partial charge in [-0.05, 0) is 0 Å². The third-order valence-electron chi connectivity index (χ3n) is 0.313. The van der Waals surface area contributed by atoms with Crippen molar-refractivity contribution in [2.75, 3.05) is 6.61 Å². The number of halogens is 1. The molecule has 0 radical (unpaired) electrons. The van der Waals surface area contributed by atoms with Gasteiger partial charge in [0.15, 0.2) is 0 Å². The largest absolute Gasteiger partial charge is 0.409 e. The van der Waals surface area contributed by atoms with Crippen LogP contribution in [0.1, 0.15) is 0 Å². The first-order valence-corrected chi connectivity index (χ1v) is 7.35. The molecule has 0 rings (SSSR count). The molecule has 0 saturated heterocycles. The highest BCUT2D eigenvalue weighted by Crippen LogP contribution is 1.77. The molecule has 0 aliphatic carbocycles. The Morgan fingerprint density at radius 3 is 2.83 bits per heavy atom. The van der Waals surface area contributed by atoms with Crippen molar-refractivity contribution < 1.29 is 4.43 Å². The van der Waals surface area contributed by atoms with Gasteiger partial charge >= 0.3 is 0 Å². The Morgan fingerprint density at radius 1 is 2.00 bits per heavy atom. The van der Waals surface area contributed by atoms with Gasteiger partial charge in [0, 0.05) is 0 Å². The van der Waals surface area contributed by atoms with Crippen molar-refractivity contribution in [1.82, 2.24) is 0 Å². The van der Waals surface area contributed by atoms with Crippen molar-refractivity contribution in [2.24, 2.45) is 0 Å². The SMILES string of the molecule is C=CCO[SiH2]I. The standard InChI is InChI=1S/C3H7IOSi/c1-2-3-5-6-4/h2H,1,3,6H2. The molecule has 0 heterocycles. The van der Waals surface area contributed by atoms with Gasteiger partial charge in [-0.1, -0.05) is 27.9 Å². The van der Waals surface area contributed by atoms with Crippen LogP contribution in [0.5, 0.6) is 0 Å². The molecule has 0 aromatic carbocycles. The molecule has 3 heteroatoms. The number of rotatable bonds is 3. The second-order valence-corrected chi connectivity index (χ2v) is 3.26. The Kier molecular flexibility index (Phi) is 6.26. The van der Waals surface area contributed by atoms with Crippen LogP contribution in [0, 0.1) is 0 Å². The molecule has 0 aromatic heterocycles. The van der Waals surface area contributed by atoms with E-state index in [9.17, 15) is 0 Å². The van der Waals surface area contributed by atoms with Crippen LogP contribution >= 0.6 is 21.8 Å². The van der Waals surface area contributed by atoms with Gasteiger partial charge in [0.05, 0.1) is 6.61 Å². The van der Waals surface area contributed by atoms with Crippen molar-refractivity contribution in [3.8, 4) is 0 Å². The van der Waals surface area contributed by atoms with Crippen molar-refractivity contribution >= 4 is 29.1 Å². The molecule has 36 valence electrons. The number of hydrogen-bond acceptors (Lipinski definition) is 1. The molecule has 0 unspecified atom stereocenters. The molecular weight excluding hydrogens is 207 g/mol. The summed E-state index contributed by atoms with van der Waals surface area (Å²) in [6.07, 6.45) is 1.77. The lowest BCUT2D eigenvalue weighted by molar-refractivity contribution is 0.400. The lowest BCUT2D eigenvalue weighted by atomic mass is 10.7. The zero-order valence-corrected chi connectivity index (χ0v) is 7.06. The molecule has 0 aliphatic heterocycles. The van der Waals surface area contributed by atoms with Crippen molar-refractivity contribution in [3.63, 3.8) is 0 Å². The molecule has 0 aromatic rings. The Hall–Kier alpha value is 0.647. The van der Waals surface area contributed by atoms with Crippen LogP contribution in [0.25, 0.3) is 0 Å². The molecule has 0 fully saturated rings. The fourth-order valence-corrected chi connectivity index (χ4v) is 1.15. The van der Waals surface area contributed by atoms with E-state index in [-0.39, 0.29) is 7.26 Å². The molecule has 0 atom stereocenters. The molecule has 0 saturated carbocycles. The average Bonchev–Trinajstić information content (AvgIpc) is 1.61. The van der Waals surface area contributed by atoms with Crippen LogP contribution in [0.2, 0.25) is 0 Å². The molecule has 0 bridgehead atoms. The molecule has 0 amide bonds. The summed E-state index contributed by atoms with van der Waals surface area (Å²) in [6.45, 7) is 4.22. The highest BCUT2D eigenvalue weighted by Gasteiger charge is 1.70. The van der Waals surface area contributed by atoms with Gasteiger partial charge in [-0.3, -0.25) is 0 Å². The van der Waals surface area contributed by atoms with Crippen molar-refractivity contribution in [2.45, 2.75) is 0 Å². The van der Waals surface area contributed by atoms with Gasteiger partial charge in [0.25, 0.3) is 0 Å². The minimum atomic E-state index is -0.198. The summed E-state index contributed by atoms with van der Waals surface area (Å²) in [5.41, 5.74) is 0. The van der Waals surface area contributed by atoms with E-state index >= 15 is 0 Å². The number of hydrogen-bond donors (Lipinski definition) is 0. The third kappa shape index (κ3) is 4.65. The van der Waals surface area contributed by atoms with Crippen molar-refractivity contribution in [3.05, 3.63) is 12.7 Å². The second-order valence-electron chi connectivity index (χ2n) is 0.769. The summed E-state index contributed by atoms with van der Waals surface area (Å²) in [5, 5.41) is 0. The zero-order chi connectivity index (χ0) is 4.83. The Labute approximate surface area is 52.9 Å². The van der Waals surface area contributed by atoms with E-state index in [1.165, 1.54) is 0 Å². The first-order chi connectivity index (χ1) is 2.91. The molecular formula is C3H7IOSi. The Balaban J connectivity index is 2.49. The van der Waals surface area contributed by atoms with Gasteiger partial charge in [0.1, 0.15) is 0 Å². The average molecular weight is 214 g/mol. The van der Waals surface area contributed by atoms with Gasteiger partial charge in [-0.25, -0.2) is 0 Å². The molecule has 1 nitrogen and oxygen atoms in total. The maximum atomic E-state index is 4.99. The summed E-state index contributed by atoms with van der Waals surface area (Å²) in [5.74, 6) is 0. The van der Waals surface area contributed by atoms with Crippen LogP contribution in [0.15, 0.2) is 12.7 Å². The van der Waals surface area contributed by atoms with E-state index < -0.39 is 0 Å². The van der Waals surface area contributed by atoms with Crippen LogP contribution < -0.4 is 0 Å². The minimum Gasteiger partial charge on any atom is -0.409 e. The van der Waals surface area contributed by atoms with Gasteiger partial charge in [0.2, 0.25) is 7.26 Å². The topological polar surface area (TPSA) is 9.23 Å². The summed E-state index contributed by atoms with van der Waals surface area (Å²) in [4.78, 5) is 0. The predicted octanol–water partition coefficient (Wildman–Crippen LogP) is 0.623. The molecule has 0 N–H and O–H groups in total. The normalized spacial score (nSPS) is 10.2. The second kappa shape index (κ2) is 5.65. The van der Waals surface area contributed by atoms with Gasteiger partial charge < -0.3 is 4.43 Å². The van der Waals surface area contributed by atoms with E-state index in [4.69, 9.17) is 4.43 Å². The van der Waals surface area contributed by atoms with Crippen LogP contribution in [0.3, 0.4) is 0 Å². The minimum absolute atomic E-state index is 0.198. The molecule has 0 aliphatic rings. The highest BCUT2D eigenvalue weighted by atomic mass is 127. The molecule has 0 spiro atoms. The van der Waals surface area contributed by atoms with Crippen LogP contribution in [0.4, 0.5) is 0 Å². The van der Waals surface area contributed by atoms with Crippen molar-refractivity contribution in [1.29, 1.82) is 0 Å². The first-order valence-electron chi connectivity index (χ1n) is 1.66. The van der Waals surface area contributed by atoms with Gasteiger partial charge in [-0.15, -0.1) is 6.58 Å². The fourth-order valence-electron chi connectivity index (χ4n) is 0.128. The monoisotopic (exact) mass is 214 g/mol. The van der Waals surface area contributed by atoms with Gasteiger partial charge in [-0.2, -0.15) is 0 Å².